The molecule has 3 rings (SSSR count). The topological polar surface area (TPSA) is 97.1 Å². The van der Waals surface area contributed by atoms with Gasteiger partial charge in [0.15, 0.2) is 0 Å². The summed E-state index contributed by atoms with van der Waals surface area (Å²) < 4.78 is 2.94. The van der Waals surface area contributed by atoms with E-state index in [9.17, 15) is 14.9 Å². The highest BCUT2D eigenvalue weighted by molar-refractivity contribution is 5.48. The first-order chi connectivity index (χ1) is 14.2. The normalized spacial score (nSPS) is 20.3. The molecule has 1 fully saturated rings. The van der Waals surface area contributed by atoms with E-state index in [2.05, 4.69) is 17.9 Å². The van der Waals surface area contributed by atoms with Crippen LogP contribution in [0.5, 0.6) is 0 Å². The second kappa shape index (κ2) is 8.49. The third-order valence-corrected chi connectivity index (χ3v) is 6.13. The number of aromatic nitrogens is 2. The van der Waals surface area contributed by atoms with Crippen molar-refractivity contribution in [1.82, 2.24) is 9.13 Å². The Morgan fingerprint density at radius 1 is 1.20 bits per heavy atom. The fourth-order valence-electron chi connectivity index (χ4n) is 4.53. The third-order valence-electron chi connectivity index (χ3n) is 6.13. The maximum atomic E-state index is 13.6. The van der Waals surface area contributed by atoms with Crippen molar-refractivity contribution in [2.24, 2.45) is 5.73 Å². The van der Waals surface area contributed by atoms with Crippen LogP contribution in [0, 0.1) is 18.3 Å². The maximum absolute atomic E-state index is 13.6. The van der Waals surface area contributed by atoms with Crippen LogP contribution in [0.3, 0.4) is 0 Å². The van der Waals surface area contributed by atoms with E-state index < -0.39 is 6.04 Å². The smallest absolute Gasteiger partial charge is 0.333 e. The molecule has 0 radical (unpaired) electrons. The second-order valence-corrected chi connectivity index (χ2v) is 8.62. The minimum Gasteiger partial charge on any atom is -0.353 e. The zero-order valence-electron chi connectivity index (χ0n) is 18.4. The summed E-state index contributed by atoms with van der Waals surface area (Å²) in [7, 11) is 0. The minimum atomic E-state index is -0.417. The summed E-state index contributed by atoms with van der Waals surface area (Å²) in [5.74, 6) is 0.573. The molecule has 1 aromatic carbocycles. The van der Waals surface area contributed by atoms with Crippen molar-refractivity contribution >= 4 is 5.82 Å². The number of piperidine rings is 1. The molecule has 0 saturated carbocycles. The molecule has 1 aromatic heterocycles. The molecule has 1 aliphatic heterocycles. The molecule has 30 heavy (non-hydrogen) atoms. The first-order valence-electron chi connectivity index (χ1n) is 10.6. The Morgan fingerprint density at radius 2 is 1.90 bits per heavy atom. The molecule has 2 aromatic rings. The van der Waals surface area contributed by atoms with Crippen molar-refractivity contribution in [1.29, 1.82) is 5.26 Å². The van der Waals surface area contributed by atoms with E-state index in [0.29, 0.717) is 17.9 Å². The number of nitriles is 1. The molecule has 2 N–H and O–H groups in total. The zero-order valence-corrected chi connectivity index (χ0v) is 18.4. The van der Waals surface area contributed by atoms with Crippen LogP contribution in [0.2, 0.25) is 0 Å². The first-order valence-corrected chi connectivity index (χ1v) is 10.6. The lowest BCUT2D eigenvalue weighted by atomic mass is 9.96. The fourth-order valence-corrected chi connectivity index (χ4v) is 4.53. The summed E-state index contributed by atoms with van der Waals surface area (Å²) in [6, 6.07) is 8.81. The second-order valence-electron chi connectivity index (χ2n) is 8.62. The lowest BCUT2D eigenvalue weighted by Gasteiger charge is -2.40. The molecule has 7 nitrogen and oxygen atoms in total. The van der Waals surface area contributed by atoms with Gasteiger partial charge >= 0.3 is 5.69 Å². The highest BCUT2D eigenvalue weighted by atomic mass is 16.2. The van der Waals surface area contributed by atoms with Gasteiger partial charge in [-0.2, -0.15) is 5.26 Å². The molecule has 3 atom stereocenters. The van der Waals surface area contributed by atoms with Crippen molar-refractivity contribution in [3.63, 3.8) is 0 Å². The monoisotopic (exact) mass is 542 g/mol. The van der Waals surface area contributed by atoms with Crippen molar-refractivity contribution in [2.75, 3.05) is 11.4 Å². The molecule has 0 aliphatic carbocycles. The number of hydrogen-bond donors (Lipinski definition) is 1. The van der Waals surface area contributed by atoms with Crippen LogP contribution in [0.4, 0.5) is 5.82 Å². The van der Waals surface area contributed by atoms with Crippen LogP contribution < -0.4 is 21.9 Å². The van der Waals surface area contributed by atoms with Crippen molar-refractivity contribution in [2.45, 2.75) is 71.6 Å². The predicted molar refractivity (Wildman–Crippen MR) is 259 cm³/mol. The number of hydrogen-bond acceptors (Lipinski definition) is 5. The van der Waals surface area contributed by atoms with E-state index in [4.69, 9.17) is 5.73 Å². The van der Waals surface area contributed by atoms with Crippen LogP contribution in [-0.2, 0) is 0 Å². The van der Waals surface area contributed by atoms with Crippen LogP contribution >= 0.6 is 0 Å². The summed E-state index contributed by atoms with van der Waals surface area (Å²) in [5.41, 5.74) is 7.82. The van der Waals surface area contributed by atoms with E-state index in [0.717, 1.165) is 24.0 Å². The van der Waals surface area contributed by atoms with Gasteiger partial charge in [0, 0.05) is 125 Å². The molecule has 1 saturated heterocycles. The SMILES string of the molecule is Cc1cccc(C#N)c1C(C)n1c(N2C[C@H](N)CCC2C)cc(=O)n(C(C)C)c1=O.[HH].[HH].[HH].[HH].[HH].[HH].[HH].[HH].[HH].[HH].[HH].[HH].[HH].[HH].[HH].[HH].[HH].[HH].[HH].[HH].[HH].[HH].[HH].[HH].[HH].[HH].[HH].[HH].[HH].[HH].[HH].[HH].[HH].[HH].[HH].[HH].[HH].[HH].[HH].[HH].[HH].[HH].[HH].[HH].[HH].[HH].[HH].[HH].[HH].[HH].[HH].[HH].[HH].[HH].[HH].[HH].[HH].[HH].[HH].[HH].[HH].[HH].[HH].[HH].[HH].[HH]. The zero-order chi connectivity index (χ0) is 22.2. The molecule has 2 unspecified atom stereocenters. The Labute approximate surface area is 275 Å². The van der Waals surface area contributed by atoms with Crippen molar-refractivity contribution in [3.05, 3.63) is 61.8 Å². The lowest BCUT2D eigenvalue weighted by molar-refractivity contribution is 0.414. The van der Waals surface area contributed by atoms with E-state index in [1.54, 1.807) is 16.7 Å². The standard InChI is InChI=1S/C23H31N5O2.66H2/c1-14(2)27-21(29)11-20(26-13-19(25)10-9-16(26)4)28(23(27)30)17(5)22-15(3)7-6-8-18(22)12-24;;;;;;;;;;;;;;;;;;;;;;;;;;;;;;;;;;;;;;;;;;;;;;;;;;;;;;;;;;;;;;;;;;/h6-8,11,14,16-17,19H,9-10,13,25H2,1-5H3;66*1H/t16?,17?,19-;;;;;;;;;;;;;;;;;;;;;;;;;;;;;;;;;;;;;;;;;;;;;;;;;;;;;;;;;;;;;;;;;;/m1................................................................../s1. The van der Waals surface area contributed by atoms with Gasteiger partial charge in [-0.1, -0.05) is 12.1 Å². The highest BCUT2D eigenvalue weighted by Crippen LogP contribution is 2.30. The van der Waals surface area contributed by atoms with E-state index in [1.165, 1.54) is 4.57 Å². The van der Waals surface area contributed by atoms with E-state index >= 15 is 0 Å². The predicted octanol–water partition coefficient (Wildman–Crippen LogP) is 18.9. The highest BCUT2D eigenvalue weighted by Gasteiger charge is 2.30. The van der Waals surface area contributed by atoms with Gasteiger partial charge in [-0.05, 0) is 64.7 Å². The van der Waals surface area contributed by atoms with Gasteiger partial charge in [-0.25, -0.2) is 4.79 Å². The number of benzene rings is 1. The number of rotatable bonds is 4. The first kappa shape index (κ1) is 21.8. The van der Waals surface area contributed by atoms with Crippen LogP contribution in [-0.4, -0.2) is 27.8 Å². The summed E-state index contributed by atoms with van der Waals surface area (Å²) in [6.45, 7) is 10.2. The van der Waals surface area contributed by atoms with Crippen LogP contribution in [0.15, 0.2) is 33.9 Å². The summed E-state index contributed by atoms with van der Waals surface area (Å²) >= 11 is 0. The molecule has 292 valence electrons. The summed E-state index contributed by atoms with van der Waals surface area (Å²) in [4.78, 5) is 28.5. The molecular formula is C23H163N5O2. The third kappa shape index (κ3) is 3.80. The average Bonchev–Trinajstić information content (AvgIpc) is 2.68. The van der Waals surface area contributed by atoms with Gasteiger partial charge in [0.2, 0.25) is 0 Å². The Kier molecular flexibility index (Phi) is 6.18. The van der Waals surface area contributed by atoms with E-state index in [-0.39, 0.29) is 124 Å². The maximum Gasteiger partial charge on any atom is 0.333 e. The van der Waals surface area contributed by atoms with Crippen LogP contribution in [0.1, 0.15) is 163 Å². The molecular weight excluding hydrogens is 378 g/mol. The van der Waals surface area contributed by atoms with Gasteiger partial charge in [-0.15, -0.1) is 0 Å². The van der Waals surface area contributed by atoms with Crippen molar-refractivity contribution in [3.8, 4) is 6.07 Å². The molecule has 2 heterocycles. The largest absolute Gasteiger partial charge is 0.353 e. The van der Waals surface area contributed by atoms with Crippen LogP contribution in [0.25, 0.3) is 0 Å². The molecule has 1 aliphatic rings. The Hall–Kier alpha value is -2.85. The quantitative estimate of drug-likeness (QED) is 0.414. The van der Waals surface area contributed by atoms with E-state index in [1.807, 2.05) is 39.8 Å². The number of aryl methyl sites for hydroxylation is 1. The molecule has 7 heteroatoms. The van der Waals surface area contributed by atoms with Crippen molar-refractivity contribution < 1.29 is 94.2 Å². The van der Waals surface area contributed by atoms with Gasteiger partial charge in [0.05, 0.1) is 17.7 Å². The fraction of sp³-hybridized carbons (Fsp3) is 0.522. The molecule has 0 spiro atoms. The molecule has 0 amide bonds. The molecule has 0 bridgehead atoms. The van der Waals surface area contributed by atoms with Gasteiger partial charge in [0.1, 0.15) is 5.82 Å². The van der Waals surface area contributed by atoms with Gasteiger partial charge < -0.3 is 10.6 Å². The summed E-state index contributed by atoms with van der Waals surface area (Å²) in [6.07, 6.45) is 1.81. The average molecular weight is 543 g/mol. The Bertz CT molecular complexity index is 1180. The Balaban J connectivity index is -0.00000000250. The minimum absolute atomic E-state index is 0. The number of anilines is 1. The number of nitrogens with zero attached hydrogens (tertiary/aromatic N) is 4. The van der Waals surface area contributed by atoms with Gasteiger partial charge in [0.25, 0.3) is 5.56 Å². The number of nitrogens with two attached hydrogens (primary N) is 1. The summed E-state index contributed by atoms with van der Waals surface area (Å²) in [5, 5.41) is 9.67. The van der Waals surface area contributed by atoms with Gasteiger partial charge in [-0.3, -0.25) is 13.9 Å². The Morgan fingerprint density at radius 3 is 2.53 bits per heavy atom. The lowest BCUT2D eigenvalue weighted by Crippen LogP contribution is -2.52.